The van der Waals surface area contributed by atoms with Gasteiger partial charge in [0.2, 0.25) is 0 Å². The molecule has 0 saturated carbocycles. The van der Waals surface area contributed by atoms with Gasteiger partial charge in [0.25, 0.3) is 0 Å². The zero-order valence-corrected chi connectivity index (χ0v) is 9.83. The minimum absolute atomic E-state index is 0.0710. The number of nitrogens with zero attached hydrogens (tertiary/aromatic N) is 2. The second-order valence-electron chi connectivity index (χ2n) is 3.43. The number of rotatable bonds is 4. The van der Waals surface area contributed by atoms with Crippen LogP contribution < -0.4 is 0 Å². The predicted molar refractivity (Wildman–Crippen MR) is 63.8 cm³/mol. The lowest BCUT2D eigenvalue weighted by Gasteiger charge is -2.03. The number of carbonyl (C=O) groups is 1. The van der Waals surface area contributed by atoms with E-state index < -0.39 is 0 Å². The average Bonchev–Trinajstić information content (AvgIpc) is 2.81. The molecule has 0 aliphatic rings. The van der Waals surface area contributed by atoms with Gasteiger partial charge in [0.05, 0.1) is 5.51 Å². The summed E-state index contributed by atoms with van der Waals surface area (Å²) in [5, 5.41) is 0. The van der Waals surface area contributed by atoms with E-state index in [1.54, 1.807) is 17.9 Å². The fourth-order valence-electron chi connectivity index (χ4n) is 1.55. The normalized spacial score (nSPS) is 10.3. The van der Waals surface area contributed by atoms with Gasteiger partial charge in [0.15, 0.2) is 5.78 Å². The van der Waals surface area contributed by atoms with Crippen LogP contribution in [0.25, 0.3) is 0 Å². The first-order valence-electron chi connectivity index (χ1n) is 5.15. The quantitative estimate of drug-likeness (QED) is 0.761. The van der Waals surface area contributed by atoms with Gasteiger partial charge in [-0.2, -0.15) is 0 Å². The highest BCUT2D eigenvalue weighted by Crippen LogP contribution is 2.13. The van der Waals surface area contributed by atoms with Crippen LogP contribution in [0.5, 0.6) is 0 Å². The van der Waals surface area contributed by atoms with E-state index in [0.29, 0.717) is 12.1 Å². The van der Waals surface area contributed by atoms with Gasteiger partial charge in [-0.1, -0.05) is 13.0 Å². The summed E-state index contributed by atoms with van der Waals surface area (Å²) in [4.78, 5) is 21.1. The van der Waals surface area contributed by atoms with Crippen molar-refractivity contribution in [3.05, 3.63) is 46.2 Å². The summed E-state index contributed by atoms with van der Waals surface area (Å²) in [5.74, 6) is 0.0710. The van der Waals surface area contributed by atoms with Crippen LogP contribution in [-0.2, 0) is 12.8 Å². The second kappa shape index (κ2) is 4.99. The Labute approximate surface area is 98.2 Å². The van der Waals surface area contributed by atoms with Crippen molar-refractivity contribution in [2.75, 3.05) is 0 Å². The fourth-order valence-corrected chi connectivity index (χ4v) is 2.14. The molecule has 16 heavy (non-hydrogen) atoms. The Hall–Kier alpha value is -1.55. The molecule has 2 rings (SSSR count). The van der Waals surface area contributed by atoms with Crippen molar-refractivity contribution in [1.29, 1.82) is 0 Å². The van der Waals surface area contributed by atoms with Crippen molar-refractivity contribution in [3.8, 4) is 0 Å². The van der Waals surface area contributed by atoms with Gasteiger partial charge in [-0.25, -0.2) is 0 Å². The number of pyridine rings is 1. The predicted octanol–water partition coefficient (Wildman–Crippen LogP) is 2.53. The van der Waals surface area contributed by atoms with Crippen LogP contribution >= 0.6 is 11.3 Å². The molecule has 0 saturated heterocycles. The standard InChI is InChI=1S/C12H12N2OS/c1-2-9-4-3-5-14-12(9)11(15)6-10-7-13-8-16-10/h3-5,7-8H,2,6H2,1H3. The van der Waals surface area contributed by atoms with Crippen LogP contribution in [0.15, 0.2) is 30.0 Å². The molecule has 0 aromatic carbocycles. The third-order valence-electron chi connectivity index (χ3n) is 2.35. The molecular formula is C12H12N2OS. The highest BCUT2D eigenvalue weighted by atomic mass is 32.1. The summed E-state index contributed by atoms with van der Waals surface area (Å²) in [5.41, 5.74) is 3.34. The summed E-state index contributed by atoms with van der Waals surface area (Å²) in [7, 11) is 0. The average molecular weight is 232 g/mol. The molecule has 0 radical (unpaired) electrons. The van der Waals surface area contributed by atoms with Gasteiger partial charge in [0, 0.05) is 23.7 Å². The number of hydrogen-bond donors (Lipinski definition) is 0. The molecule has 0 bridgehead atoms. The molecule has 0 amide bonds. The second-order valence-corrected chi connectivity index (χ2v) is 4.40. The molecule has 2 heterocycles. The van der Waals surface area contributed by atoms with E-state index in [9.17, 15) is 4.79 Å². The largest absolute Gasteiger partial charge is 0.292 e. The lowest BCUT2D eigenvalue weighted by molar-refractivity contribution is 0.0988. The van der Waals surface area contributed by atoms with Crippen LogP contribution in [-0.4, -0.2) is 15.8 Å². The van der Waals surface area contributed by atoms with Crippen molar-refractivity contribution in [2.45, 2.75) is 19.8 Å². The third-order valence-corrected chi connectivity index (χ3v) is 3.13. The number of carbonyl (C=O) groups excluding carboxylic acids is 1. The van der Waals surface area contributed by atoms with Gasteiger partial charge < -0.3 is 0 Å². The summed E-state index contributed by atoms with van der Waals surface area (Å²) in [6.45, 7) is 2.03. The molecule has 0 N–H and O–H groups in total. The maximum atomic E-state index is 12.0. The monoisotopic (exact) mass is 232 g/mol. The lowest BCUT2D eigenvalue weighted by Crippen LogP contribution is -2.08. The SMILES string of the molecule is CCc1cccnc1C(=O)Cc1cncs1. The van der Waals surface area contributed by atoms with Crippen molar-refractivity contribution in [3.63, 3.8) is 0 Å². The number of thiazole rings is 1. The van der Waals surface area contributed by atoms with E-state index in [1.807, 2.05) is 19.1 Å². The summed E-state index contributed by atoms with van der Waals surface area (Å²) in [6.07, 6.45) is 4.63. The molecule has 0 unspecified atom stereocenters. The number of Topliss-reactive ketones (excluding diaryl/α,β-unsaturated/α-hetero) is 1. The summed E-state index contributed by atoms with van der Waals surface area (Å²) in [6, 6.07) is 3.81. The third kappa shape index (κ3) is 2.33. The van der Waals surface area contributed by atoms with Crippen LogP contribution in [0.3, 0.4) is 0 Å². The molecule has 0 aliphatic heterocycles. The summed E-state index contributed by atoms with van der Waals surface area (Å²) >= 11 is 1.50. The van der Waals surface area contributed by atoms with Crippen molar-refractivity contribution in [1.82, 2.24) is 9.97 Å². The fraction of sp³-hybridized carbons (Fsp3) is 0.250. The first kappa shape index (κ1) is 11.0. The van der Waals surface area contributed by atoms with Crippen LogP contribution in [0.4, 0.5) is 0 Å². The van der Waals surface area contributed by atoms with E-state index >= 15 is 0 Å². The number of aromatic nitrogens is 2. The smallest absolute Gasteiger partial charge is 0.186 e. The van der Waals surface area contributed by atoms with E-state index in [1.165, 1.54) is 11.3 Å². The minimum atomic E-state index is 0.0710. The van der Waals surface area contributed by atoms with Gasteiger partial charge in [-0.3, -0.25) is 14.8 Å². The first-order valence-corrected chi connectivity index (χ1v) is 6.03. The van der Waals surface area contributed by atoms with Gasteiger partial charge in [0.1, 0.15) is 5.69 Å². The Morgan fingerprint density at radius 2 is 2.38 bits per heavy atom. The molecule has 0 aliphatic carbocycles. The Balaban J connectivity index is 2.21. The molecule has 2 aromatic rings. The molecule has 0 atom stereocenters. The number of hydrogen-bond acceptors (Lipinski definition) is 4. The highest BCUT2D eigenvalue weighted by Gasteiger charge is 2.12. The molecule has 0 fully saturated rings. The molecule has 3 nitrogen and oxygen atoms in total. The Morgan fingerprint density at radius 1 is 1.50 bits per heavy atom. The Kier molecular flexibility index (Phi) is 3.41. The number of aryl methyl sites for hydroxylation is 1. The van der Waals surface area contributed by atoms with Crippen molar-refractivity contribution < 1.29 is 4.79 Å². The van der Waals surface area contributed by atoms with Crippen LogP contribution in [0.1, 0.15) is 27.9 Å². The van der Waals surface area contributed by atoms with Crippen LogP contribution in [0, 0.1) is 0 Å². The van der Waals surface area contributed by atoms with E-state index in [2.05, 4.69) is 9.97 Å². The topological polar surface area (TPSA) is 42.9 Å². The molecule has 2 aromatic heterocycles. The minimum Gasteiger partial charge on any atom is -0.292 e. The highest BCUT2D eigenvalue weighted by molar-refractivity contribution is 7.09. The summed E-state index contributed by atoms with van der Waals surface area (Å²) < 4.78 is 0. The lowest BCUT2D eigenvalue weighted by atomic mass is 10.1. The van der Waals surface area contributed by atoms with E-state index in [0.717, 1.165) is 16.9 Å². The van der Waals surface area contributed by atoms with Crippen molar-refractivity contribution >= 4 is 17.1 Å². The van der Waals surface area contributed by atoms with Crippen molar-refractivity contribution in [2.24, 2.45) is 0 Å². The Bertz CT molecular complexity index is 480. The maximum absolute atomic E-state index is 12.0. The van der Waals surface area contributed by atoms with Gasteiger partial charge in [-0.05, 0) is 18.1 Å². The number of ketones is 1. The zero-order valence-electron chi connectivity index (χ0n) is 9.01. The zero-order chi connectivity index (χ0) is 11.4. The van der Waals surface area contributed by atoms with Crippen LogP contribution in [0.2, 0.25) is 0 Å². The molecule has 82 valence electrons. The molecular weight excluding hydrogens is 220 g/mol. The first-order chi connectivity index (χ1) is 7.81. The van der Waals surface area contributed by atoms with E-state index in [-0.39, 0.29) is 5.78 Å². The maximum Gasteiger partial charge on any atom is 0.186 e. The Morgan fingerprint density at radius 3 is 3.06 bits per heavy atom. The molecule has 0 spiro atoms. The van der Waals surface area contributed by atoms with Gasteiger partial charge >= 0.3 is 0 Å². The van der Waals surface area contributed by atoms with Gasteiger partial charge in [-0.15, -0.1) is 11.3 Å². The molecule has 4 heteroatoms. The van der Waals surface area contributed by atoms with E-state index in [4.69, 9.17) is 0 Å².